The number of nitrogens with zero attached hydrogens (tertiary/aromatic N) is 2. The molecule has 23 heteroatoms. The predicted molar refractivity (Wildman–Crippen MR) is 343 cm³/mol. The number of imidazole rings is 2. The smallest absolute Gasteiger partial charge is 0.295 e. The Morgan fingerprint density at radius 2 is 0.967 bits per heavy atom. The molecule has 0 saturated carbocycles. The third-order valence-corrected chi connectivity index (χ3v) is 17.1. The fourth-order valence-corrected chi connectivity index (χ4v) is 11.9. The Morgan fingerprint density at radius 3 is 1.38 bits per heavy atom. The largest absolute Gasteiger partial charge is 0.456 e. The molecule has 0 aliphatic carbocycles. The average molecular weight is 1290 g/mol. The summed E-state index contributed by atoms with van der Waals surface area (Å²) in [6, 6.07) is 40.4. The summed E-state index contributed by atoms with van der Waals surface area (Å²) in [6.07, 6.45) is 0.283. The molecular weight excluding hydrogens is 1210 g/mol. The Bertz CT molecular complexity index is 3680. The van der Waals surface area contributed by atoms with E-state index in [0.717, 1.165) is 91.4 Å². The minimum absolute atomic E-state index is 0.0635. The molecule has 0 spiro atoms. The lowest BCUT2D eigenvalue weighted by molar-refractivity contribution is -0.121. The number of aliphatic hydroxyl groups is 6. The quantitative estimate of drug-likeness (QED) is 0.0186. The summed E-state index contributed by atoms with van der Waals surface area (Å²) in [5.74, 6) is -0.520. The van der Waals surface area contributed by atoms with Crippen LogP contribution in [-0.2, 0) is 35.1 Å². The van der Waals surface area contributed by atoms with Gasteiger partial charge in [-0.25, -0.2) is 0 Å². The number of aromatic nitrogens is 4. The van der Waals surface area contributed by atoms with Gasteiger partial charge in [0.1, 0.15) is 54.5 Å². The third kappa shape index (κ3) is 17.0. The van der Waals surface area contributed by atoms with Gasteiger partial charge in [0, 0.05) is 87.2 Å². The van der Waals surface area contributed by atoms with Crippen LogP contribution < -0.4 is 20.5 Å². The van der Waals surface area contributed by atoms with E-state index in [1.807, 2.05) is 72.8 Å². The second-order valence-corrected chi connectivity index (χ2v) is 23.9. The lowest BCUT2D eigenvalue weighted by Crippen LogP contribution is -2.34. The molecular formula is C68H76Cl2N6O15. The molecule has 4 aliphatic heterocycles. The number of H-pyrrole nitrogens is 2. The lowest BCUT2D eigenvalue weighted by Gasteiger charge is -2.15. The fourth-order valence-electron chi connectivity index (χ4n) is 11.4. The van der Waals surface area contributed by atoms with Crippen LogP contribution in [0.1, 0.15) is 54.4 Å². The van der Waals surface area contributed by atoms with Crippen molar-refractivity contribution in [1.82, 2.24) is 25.3 Å². The Labute approximate surface area is 535 Å². The molecule has 482 valence electrons. The molecule has 11 N–H and O–H groups in total. The molecule has 8 aromatic rings. The van der Waals surface area contributed by atoms with Crippen molar-refractivity contribution >= 4 is 63.1 Å². The first-order valence-corrected chi connectivity index (χ1v) is 31.3. The molecule has 4 fully saturated rings. The summed E-state index contributed by atoms with van der Waals surface area (Å²) < 4.78 is 34.6. The number of ketones is 2. The number of aromatic amines is 2. The number of aldehydes is 1. The highest BCUT2D eigenvalue weighted by atomic mass is 35.5. The topological polar surface area (TPSA) is 323 Å². The van der Waals surface area contributed by atoms with Crippen molar-refractivity contribution in [2.45, 2.75) is 93.9 Å². The molecule has 12 rings (SSSR count). The van der Waals surface area contributed by atoms with Gasteiger partial charge in [-0.3, -0.25) is 14.4 Å². The van der Waals surface area contributed by atoms with E-state index in [1.165, 1.54) is 0 Å². The van der Waals surface area contributed by atoms with E-state index >= 15 is 0 Å². The number of hydrogen-bond donors (Lipinski definition) is 10. The molecule has 0 amide bonds. The number of benzene rings is 6. The maximum atomic E-state index is 12.0. The Balaban J connectivity index is 0.000000174. The van der Waals surface area contributed by atoms with Crippen LogP contribution in [0.5, 0.6) is 12.0 Å². The van der Waals surface area contributed by atoms with Crippen molar-refractivity contribution in [3.63, 3.8) is 0 Å². The molecule has 6 aromatic carbocycles. The predicted octanol–water partition coefficient (Wildman–Crippen LogP) is 7.44. The molecule has 2 aromatic heterocycles. The monoisotopic (exact) mass is 1290 g/mol. The van der Waals surface area contributed by atoms with Gasteiger partial charge in [-0.2, -0.15) is 9.97 Å². The van der Waals surface area contributed by atoms with Gasteiger partial charge in [0.05, 0.1) is 58.5 Å². The maximum absolute atomic E-state index is 12.0. The number of ether oxygens (including phenoxy) is 6. The molecule has 6 heterocycles. The third-order valence-electron chi connectivity index (χ3n) is 16.5. The number of hydrogen-bond acceptors (Lipinski definition) is 19. The molecule has 21 nitrogen and oxygen atoms in total. The highest BCUT2D eigenvalue weighted by Gasteiger charge is 2.50. The van der Waals surface area contributed by atoms with E-state index in [1.54, 1.807) is 12.1 Å². The number of carbonyl (C=O) groups excluding carboxylic acids is 3. The zero-order chi connectivity index (χ0) is 64.0. The number of fused-ring (bicyclic) bond motifs is 4. The van der Waals surface area contributed by atoms with Gasteiger partial charge in [0.15, 0.2) is 12.2 Å². The minimum Gasteiger partial charge on any atom is -0.456 e. The number of aliphatic hydroxyl groups excluding tert-OH is 6. The van der Waals surface area contributed by atoms with Gasteiger partial charge in [-0.15, -0.1) is 0 Å². The van der Waals surface area contributed by atoms with Crippen molar-refractivity contribution in [2.75, 3.05) is 65.9 Å². The number of halogens is 2. The summed E-state index contributed by atoms with van der Waals surface area (Å²) >= 11 is 13.3. The molecule has 4 aliphatic rings. The Morgan fingerprint density at radius 1 is 0.571 bits per heavy atom. The summed E-state index contributed by atoms with van der Waals surface area (Å²) in [4.78, 5) is 49.4. The van der Waals surface area contributed by atoms with E-state index < -0.39 is 12.2 Å². The summed E-state index contributed by atoms with van der Waals surface area (Å²) in [6.45, 7) is 2.47. The average Bonchev–Trinajstić information content (AvgIpc) is 1.91. The van der Waals surface area contributed by atoms with Crippen LogP contribution in [0.4, 0.5) is 0 Å². The second kappa shape index (κ2) is 32.0. The van der Waals surface area contributed by atoms with Crippen LogP contribution in [0.15, 0.2) is 121 Å². The molecule has 0 bridgehead atoms. The van der Waals surface area contributed by atoms with Crippen LogP contribution in [0.2, 0.25) is 10.0 Å². The zero-order valence-corrected chi connectivity index (χ0v) is 51.5. The molecule has 0 unspecified atom stereocenters. The van der Waals surface area contributed by atoms with Crippen LogP contribution >= 0.6 is 23.2 Å². The number of rotatable bonds is 26. The summed E-state index contributed by atoms with van der Waals surface area (Å²) in [7, 11) is 0. The van der Waals surface area contributed by atoms with Crippen molar-refractivity contribution in [3.05, 3.63) is 142 Å². The van der Waals surface area contributed by atoms with Gasteiger partial charge < -0.3 is 80.1 Å². The van der Waals surface area contributed by atoms with Gasteiger partial charge in [0.2, 0.25) is 0 Å². The van der Waals surface area contributed by atoms with Crippen molar-refractivity contribution in [2.24, 2.45) is 17.6 Å². The summed E-state index contributed by atoms with van der Waals surface area (Å²) in [5.41, 5.74) is 17.9. The SMILES string of the molecule is NCCCC(=O)CC(CO)CO.O=C(CCCNCc1ccc(-c2ccc(-c3cc4nc(O[C@@H]5CO[C@H]6[C@@H]5OC[C@H]6O)[nH]c4cc3Cl)cc2)cc1)CC(CO)CO.O=Cc1ccc(-c2ccc(-c3cc4nc(O[C@@H]5CO[C@H]6[C@@H]5OC[C@H]6O)[nH]c4cc3Cl)cc2)cc1. The van der Waals surface area contributed by atoms with E-state index in [4.69, 9.17) is 77.8 Å². The molecule has 91 heavy (non-hydrogen) atoms. The van der Waals surface area contributed by atoms with Gasteiger partial charge in [0.25, 0.3) is 12.0 Å². The van der Waals surface area contributed by atoms with Crippen LogP contribution in [0.25, 0.3) is 66.6 Å². The van der Waals surface area contributed by atoms with Gasteiger partial charge in [-0.05, 0) is 89.1 Å². The number of Topliss-reactive ketones (excluding diaryl/α,β-unsaturated/α-hetero) is 2. The van der Waals surface area contributed by atoms with Crippen molar-refractivity contribution in [1.29, 1.82) is 0 Å². The highest BCUT2D eigenvalue weighted by Crippen LogP contribution is 2.38. The first-order valence-electron chi connectivity index (χ1n) is 30.5. The number of carbonyl (C=O) groups is 3. The summed E-state index contributed by atoms with van der Waals surface area (Å²) in [5, 5.41) is 60.0. The second-order valence-electron chi connectivity index (χ2n) is 23.1. The Kier molecular flexibility index (Phi) is 23.5. The lowest BCUT2D eigenvalue weighted by atomic mass is 9.99. The van der Waals surface area contributed by atoms with E-state index in [-0.39, 0.29) is 113 Å². The fraction of sp³-hybridized carbons (Fsp3) is 0.397. The van der Waals surface area contributed by atoms with Crippen molar-refractivity contribution < 1.29 is 73.4 Å². The van der Waals surface area contributed by atoms with Crippen LogP contribution in [0, 0.1) is 11.8 Å². The van der Waals surface area contributed by atoms with Gasteiger partial charge >= 0.3 is 0 Å². The van der Waals surface area contributed by atoms with E-state index in [2.05, 4.69) is 61.7 Å². The van der Waals surface area contributed by atoms with Crippen LogP contribution in [0.3, 0.4) is 0 Å². The van der Waals surface area contributed by atoms with E-state index in [9.17, 15) is 24.6 Å². The van der Waals surface area contributed by atoms with Gasteiger partial charge in [-0.1, -0.05) is 120 Å². The number of nitrogens with two attached hydrogens (primary N) is 1. The zero-order valence-electron chi connectivity index (χ0n) is 50.0. The van der Waals surface area contributed by atoms with Crippen LogP contribution in [-0.4, -0.2) is 183 Å². The molecule has 8 atom stereocenters. The first-order chi connectivity index (χ1) is 44.2. The minimum atomic E-state index is -0.638. The maximum Gasteiger partial charge on any atom is 0.295 e. The number of nitrogens with one attached hydrogen (secondary N) is 3. The van der Waals surface area contributed by atoms with Crippen molar-refractivity contribution in [3.8, 4) is 56.5 Å². The first kappa shape index (κ1) is 66.9. The normalized spacial score (nSPS) is 20.7. The van der Waals surface area contributed by atoms with E-state index in [0.29, 0.717) is 73.2 Å². The molecule has 0 radical (unpaired) electrons. The molecule has 4 saturated heterocycles. The highest BCUT2D eigenvalue weighted by molar-refractivity contribution is 6.34. The Hall–Kier alpha value is -7.03. The standard InChI is InChI=1S/C34H38ClN3O7.C26H21ClN2O5.C8H17NO3/c35-27-14-29-28(37-34(38-29)45-31-19-44-32-30(42)18-43-33(31)32)13-26(27)24-9-7-23(8-10-24)22-5-3-20(4-6-22)15-36-11-1-2-25(41)12-21(16-39)17-40;27-19-10-21-20(28-26(29-21)34-23-13-33-24-22(31)12-32-25(23)24)9-18(19)17-7-5-16(6-8-17)15-3-1-14(11-30)2-4-15;9-3-1-2-8(12)4-7(5-10)6-11/h3-10,13-14,21,30-33,36,39-40,42H,1-2,11-12,15-19H2,(H,37,38);1-11,22-25,31H,12-13H2,(H,28,29);7,10-11H,1-6,9H2/t30-,31-,32-,33-;22-,23-,24-,25-;/m11./s1.